The van der Waals surface area contributed by atoms with Gasteiger partial charge >= 0.3 is 0 Å². The molecule has 0 aliphatic carbocycles. The molecule has 0 unspecified atom stereocenters. The van der Waals surface area contributed by atoms with Crippen molar-refractivity contribution in [2.75, 3.05) is 6.54 Å². The Bertz CT molecular complexity index is 308. The lowest BCUT2D eigenvalue weighted by Gasteiger charge is -2.13. The minimum absolute atomic E-state index is 0.559. The Hall–Kier alpha value is 0.390. The Morgan fingerprint density at radius 1 is 1.46 bits per heavy atom. The van der Waals surface area contributed by atoms with E-state index >= 15 is 0 Å². The summed E-state index contributed by atoms with van der Waals surface area (Å²) < 4.78 is 2.55. The summed E-state index contributed by atoms with van der Waals surface area (Å²) >= 11 is 6.00. The van der Waals surface area contributed by atoms with Crippen molar-refractivity contribution in [2.45, 2.75) is 18.9 Å². The zero-order valence-electron chi connectivity index (χ0n) is 7.19. The second-order valence-corrected chi connectivity index (χ2v) is 5.25. The first-order chi connectivity index (χ1) is 6.29. The summed E-state index contributed by atoms with van der Waals surface area (Å²) in [6, 6.07) is 7.02. The molecule has 3 heteroatoms. The van der Waals surface area contributed by atoms with Crippen molar-refractivity contribution >= 4 is 38.5 Å². The summed E-state index contributed by atoms with van der Waals surface area (Å²) in [6.07, 6.45) is 2.56. The summed E-state index contributed by atoms with van der Waals surface area (Å²) in [4.78, 5) is 0. The van der Waals surface area contributed by atoms with Crippen molar-refractivity contribution < 1.29 is 0 Å². The molecule has 0 amide bonds. The highest BCUT2D eigenvalue weighted by molar-refractivity contribution is 14.1. The molecule has 1 nitrogen and oxygen atoms in total. The van der Waals surface area contributed by atoms with Crippen molar-refractivity contribution in [3.8, 4) is 0 Å². The number of nitrogens with one attached hydrogen (secondary N) is 1. The van der Waals surface area contributed by atoms with Gasteiger partial charge in [-0.3, -0.25) is 0 Å². The zero-order valence-corrected chi connectivity index (χ0v) is 10.9. The van der Waals surface area contributed by atoms with E-state index in [0.717, 1.165) is 6.54 Å². The van der Waals surface area contributed by atoms with Crippen LogP contribution in [0.3, 0.4) is 0 Å². The van der Waals surface area contributed by atoms with Crippen molar-refractivity contribution in [3.63, 3.8) is 0 Å². The quantitative estimate of drug-likeness (QED) is 0.764. The lowest BCUT2D eigenvalue weighted by atomic mass is 10.1. The van der Waals surface area contributed by atoms with Crippen LogP contribution in [0.15, 0.2) is 22.7 Å². The van der Waals surface area contributed by atoms with E-state index in [0.29, 0.717) is 6.04 Å². The number of benzene rings is 1. The van der Waals surface area contributed by atoms with Crippen molar-refractivity contribution in [3.05, 3.63) is 31.8 Å². The van der Waals surface area contributed by atoms with Crippen LogP contribution in [0.4, 0.5) is 0 Å². The summed E-state index contributed by atoms with van der Waals surface area (Å²) in [6.45, 7) is 1.16. The van der Waals surface area contributed by atoms with Crippen LogP contribution in [0.5, 0.6) is 0 Å². The smallest absolute Gasteiger partial charge is 0.0356 e. The molecule has 1 N–H and O–H groups in total. The average Bonchev–Trinajstić information content (AvgIpc) is 2.62. The molecule has 0 spiro atoms. The molecule has 0 saturated carbocycles. The summed E-state index contributed by atoms with van der Waals surface area (Å²) in [5.41, 5.74) is 1.41. The maximum Gasteiger partial charge on any atom is 0.0356 e. The molecule has 70 valence electrons. The van der Waals surface area contributed by atoms with Gasteiger partial charge in [-0.15, -0.1) is 0 Å². The van der Waals surface area contributed by atoms with Crippen molar-refractivity contribution in [1.82, 2.24) is 5.32 Å². The molecule has 1 aromatic rings. The molecular weight excluding hydrogens is 341 g/mol. The average molecular weight is 352 g/mol. The number of halogens is 2. The fraction of sp³-hybridized carbons (Fsp3) is 0.400. The Kier molecular flexibility index (Phi) is 3.26. The summed E-state index contributed by atoms with van der Waals surface area (Å²) in [5, 5.41) is 3.51. The highest BCUT2D eigenvalue weighted by Gasteiger charge is 2.18. The molecule has 0 radical (unpaired) electrons. The summed E-state index contributed by atoms with van der Waals surface area (Å²) in [7, 11) is 0. The third kappa shape index (κ3) is 2.07. The standard InChI is InChI=1S/C10H11BrIN/c11-10-7(3-1-4-8(10)12)9-5-2-6-13-9/h1,3-4,9,13H,2,5-6H2/t9-/m0/s1. The fourth-order valence-electron chi connectivity index (χ4n) is 1.74. The maximum atomic E-state index is 3.64. The zero-order chi connectivity index (χ0) is 9.26. The van der Waals surface area contributed by atoms with Crippen LogP contribution in [0, 0.1) is 3.57 Å². The monoisotopic (exact) mass is 351 g/mol. The molecule has 1 fully saturated rings. The van der Waals surface area contributed by atoms with E-state index in [2.05, 4.69) is 62.0 Å². The Balaban J connectivity index is 2.33. The Labute approximate surface area is 101 Å². The molecule has 1 saturated heterocycles. The predicted molar refractivity (Wildman–Crippen MR) is 66.8 cm³/mol. The third-order valence-electron chi connectivity index (χ3n) is 2.42. The van der Waals surface area contributed by atoms with Crippen molar-refractivity contribution in [2.24, 2.45) is 0 Å². The number of rotatable bonds is 1. The van der Waals surface area contributed by atoms with E-state index in [-0.39, 0.29) is 0 Å². The minimum Gasteiger partial charge on any atom is -0.310 e. The van der Waals surface area contributed by atoms with Gasteiger partial charge in [0.2, 0.25) is 0 Å². The molecule has 2 rings (SSSR count). The van der Waals surface area contributed by atoms with Gasteiger partial charge < -0.3 is 5.32 Å². The highest BCUT2D eigenvalue weighted by Crippen LogP contribution is 2.32. The Morgan fingerprint density at radius 2 is 2.31 bits per heavy atom. The molecule has 1 aliphatic rings. The molecular formula is C10H11BrIN. The largest absolute Gasteiger partial charge is 0.310 e. The first-order valence-electron chi connectivity index (χ1n) is 4.46. The van der Waals surface area contributed by atoms with Gasteiger partial charge in [-0.2, -0.15) is 0 Å². The molecule has 1 heterocycles. The van der Waals surface area contributed by atoms with Crippen LogP contribution in [-0.4, -0.2) is 6.54 Å². The van der Waals surface area contributed by atoms with E-state index in [1.165, 1.54) is 26.4 Å². The van der Waals surface area contributed by atoms with Crippen LogP contribution >= 0.6 is 38.5 Å². The predicted octanol–water partition coefficient (Wildman–Crippen LogP) is 3.48. The van der Waals surface area contributed by atoms with Gasteiger partial charge in [0.1, 0.15) is 0 Å². The lowest BCUT2D eigenvalue weighted by Crippen LogP contribution is -2.13. The topological polar surface area (TPSA) is 12.0 Å². The van der Waals surface area contributed by atoms with Gasteiger partial charge in [0.25, 0.3) is 0 Å². The fourth-order valence-corrected chi connectivity index (χ4v) is 2.80. The van der Waals surface area contributed by atoms with Gasteiger partial charge in [-0.05, 0) is 69.5 Å². The van der Waals surface area contributed by atoms with E-state index in [1.54, 1.807) is 0 Å². The van der Waals surface area contributed by atoms with Gasteiger partial charge in [-0.25, -0.2) is 0 Å². The van der Waals surface area contributed by atoms with Crippen LogP contribution in [-0.2, 0) is 0 Å². The lowest BCUT2D eigenvalue weighted by molar-refractivity contribution is 0.644. The minimum atomic E-state index is 0.559. The van der Waals surface area contributed by atoms with E-state index < -0.39 is 0 Å². The van der Waals surface area contributed by atoms with Crippen LogP contribution in [0.1, 0.15) is 24.4 Å². The molecule has 1 aromatic carbocycles. The molecule has 1 atom stereocenters. The van der Waals surface area contributed by atoms with Crippen LogP contribution < -0.4 is 5.32 Å². The molecule has 0 bridgehead atoms. The molecule has 13 heavy (non-hydrogen) atoms. The second-order valence-electron chi connectivity index (χ2n) is 3.29. The van der Waals surface area contributed by atoms with E-state index in [9.17, 15) is 0 Å². The summed E-state index contributed by atoms with van der Waals surface area (Å²) in [5.74, 6) is 0. The number of hydrogen-bond acceptors (Lipinski definition) is 1. The third-order valence-corrected chi connectivity index (χ3v) is 4.94. The first kappa shape index (κ1) is 9.93. The van der Waals surface area contributed by atoms with Gasteiger partial charge in [0.05, 0.1) is 0 Å². The van der Waals surface area contributed by atoms with Crippen molar-refractivity contribution in [1.29, 1.82) is 0 Å². The first-order valence-corrected chi connectivity index (χ1v) is 6.33. The molecule has 1 aliphatic heterocycles. The second kappa shape index (κ2) is 4.28. The van der Waals surface area contributed by atoms with Gasteiger partial charge in [0, 0.05) is 14.1 Å². The molecule has 0 aromatic heterocycles. The SMILES string of the molecule is Brc1c(I)cccc1[C@@H]1CCCN1. The maximum absolute atomic E-state index is 3.64. The highest BCUT2D eigenvalue weighted by atomic mass is 127. The van der Waals surface area contributed by atoms with Crippen LogP contribution in [0.2, 0.25) is 0 Å². The number of hydrogen-bond donors (Lipinski definition) is 1. The van der Waals surface area contributed by atoms with E-state index in [4.69, 9.17) is 0 Å². The normalized spacial score (nSPS) is 22.2. The Morgan fingerprint density at radius 3 is 3.00 bits per heavy atom. The van der Waals surface area contributed by atoms with E-state index in [1.807, 2.05) is 0 Å². The van der Waals surface area contributed by atoms with Crippen LogP contribution in [0.25, 0.3) is 0 Å². The van der Waals surface area contributed by atoms with Gasteiger partial charge in [0.15, 0.2) is 0 Å². The van der Waals surface area contributed by atoms with Gasteiger partial charge in [-0.1, -0.05) is 12.1 Å².